The number of nitrogens with one attached hydrogen (secondary N) is 1. The predicted octanol–water partition coefficient (Wildman–Crippen LogP) is 1.15. The zero-order valence-electron chi connectivity index (χ0n) is 13.6. The van der Waals surface area contributed by atoms with Crippen LogP contribution < -0.4 is 5.32 Å². The van der Waals surface area contributed by atoms with Crippen molar-refractivity contribution in [2.75, 3.05) is 31.3 Å². The Bertz CT molecular complexity index is 616. The first-order valence-electron chi connectivity index (χ1n) is 8.42. The van der Waals surface area contributed by atoms with Crippen LogP contribution in [0.3, 0.4) is 0 Å². The van der Waals surface area contributed by atoms with Gasteiger partial charge >= 0.3 is 0 Å². The maximum atomic E-state index is 13.0. The Labute approximate surface area is 150 Å². The molecule has 0 bridgehead atoms. The highest BCUT2D eigenvalue weighted by atomic mass is 32.2. The molecule has 1 spiro atoms. The van der Waals surface area contributed by atoms with Gasteiger partial charge in [-0.05, 0) is 37.8 Å². The first-order valence-corrected chi connectivity index (χ1v) is 10.5. The Kier molecular flexibility index (Phi) is 4.53. The molecule has 1 aliphatic carbocycles. The minimum absolute atomic E-state index is 0.0708. The number of thioether (sulfide) groups is 1. The summed E-state index contributed by atoms with van der Waals surface area (Å²) >= 11 is 3.17. The van der Waals surface area contributed by atoms with Crippen molar-refractivity contribution in [1.82, 2.24) is 20.1 Å². The monoisotopic (exact) mass is 366 g/mol. The third-order valence-electron chi connectivity index (χ3n) is 5.38. The first-order chi connectivity index (χ1) is 11.7. The van der Waals surface area contributed by atoms with Crippen molar-refractivity contribution in [2.24, 2.45) is 5.41 Å². The Hall–Kier alpha value is -1.12. The molecule has 1 aromatic heterocycles. The molecular weight excluding hydrogens is 344 g/mol. The molecule has 1 aromatic rings. The highest BCUT2D eigenvalue weighted by Gasteiger charge is 2.57. The quantitative estimate of drug-likeness (QED) is 0.847. The van der Waals surface area contributed by atoms with E-state index in [0.29, 0.717) is 29.6 Å². The van der Waals surface area contributed by atoms with E-state index in [-0.39, 0.29) is 18.4 Å². The van der Waals surface area contributed by atoms with E-state index < -0.39 is 0 Å². The second-order valence-electron chi connectivity index (χ2n) is 6.85. The molecule has 4 rings (SSSR count). The standard InChI is InChI=1S/C16H22N4O2S2/c21-14(9-19-11-23-10-15(19)22)20(8-13-18-5-6-24-13)12-7-16(12)1-3-17-4-2-16/h5-6,12,17H,1-4,7-11H2. The summed E-state index contributed by atoms with van der Waals surface area (Å²) in [5.74, 6) is 1.28. The zero-order chi connectivity index (χ0) is 16.6. The molecule has 2 amide bonds. The van der Waals surface area contributed by atoms with E-state index in [1.54, 1.807) is 34.2 Å². The maximum Gasteiger partial charge on any atom is 0.242 e. The molecule has 2 saturated heterocycles. The Balaban J connectivity index is 1.48. The number of rotatable bonds is 5. The van der Waals surface area contributed by atoms with Gasteiger partial charge in [0.2, 0.25) is 11.8 Å². The third-order valence-corrected chi connectivity index (χ3v) is 7.09. The van der Waals surface area contributed by atoms with Crippen molar-refractivity contribution >= 4 is 34.9 Å². The van der Waals surface area contributed by atoms with Crippen LogP contribution in [-0.4, -0.2) is 63.9 Å². The van der Waals surface area contributed by atoms with Gasteiger partial charge < -0.3 is 15.1 Å². The van der Waals surface area contributed by atoms with E-state index >= 15 is 0 Å². The number of amides is 2. The summed E-state index contributed by atoms with van der Waals surface area (Å²) in [6.07, 6.45) is 5.15. The fraction of sp³-hybridized carbons (Fsp3) is 0.688. The number of piperidine rings is 1. The molecule has 1 N–H and O–H groups in total. The average Bonchev–Trinajstić information content (AvgIpc) is 2.96. The van der Waals surface area contributed by atoms with E-state index in [4.69, 9.17) is 0 Å². The molecule has 0 radical (unpaired) electrons. The van der Waals surface area contributed by atoms with Gasteiger partial charge in [0, 0.05) is 17.6 Å². The van der Waals surface area contributed by atoms with Gasteiger partial charge in [-0.1, -0.05) is 0 Å². The van der Waals surface area contributed by atoms with Crippen molar-refractivity contribution in [3.05, 3.63) is 16.6 Å². The van der Waals surface area contributed by atoms with Crippen molar-refractivity contribution in [2.45, 2.75) is 31.8 Å². The lowest BCUT2D eigenvalue weighted by Gasteiger charge is -2.30. The molecule has 3 fully saturated rings. The summed E-state index contributed by atoms with van der Waals surface area (Å²) in [6, 6.07) is 0.307. The molecule has 1 unspecified atom stereocenters. The summed E-state index contributed by atoms with van der Waals surface area (Å²) in [7, 11) is 0. The number of hydrogen-bond donors (Lipinski definition) is 1. The number of hydrogen-bond acceptors (Lipinski definition) is 6. The van der Waals surface area contributed by atoms with Gasteiger partial charge in [-0.3, -0.25) is 9.59 Å². The molecule has 24 heavy (non-hydrogen) atoms. The van der Waals surface area contributed by atoms with Crippen molar-refractivity contribution in [3.63, 3.8) is 0 Å². The van der Waals surface area contributed by atoms with Gasteiger partial charge in [0.15, 0.2) is 0 Å². The molecule has 3 aliphatic rings. The summed E-state index contributed by atoms with van der Waals surface area (Å²) in [5.41, 5.74) is 0.294. The summed E-state index contributed by atoms with van der Waals surface area (Å²) in [6.45, 7) is 2.86. The van der Waals surface area contributed by atoms with E-state index in [1.165, 1.54) is 0 Å². The average molecular weight is 367 g/mol. The second kappa shape index (κ2) is 6.65. The summed E-state index contributed by atoms with van der Waals surface area (Å²) < 4.78 is 0. The molecule has 6 nitrogen and oxygen atoms in total. The minimum atomic E-state index is 0.0708. The second-order valence-corrected chi connectivity index (χ2v) is 8.78. The Morgan fingerprint density at radius 1 is 1.46 bits per heavy atom. The van der Waals surface area contributed by atoms with Crippen LogP contribution in [0.4, 0.5) is 0 Å². The SMILES string of the molecule is O=C1CSCN1CC(=O)N(Cc1nccs1)C1CC12CCNCC2. The Morgan fingerprint density at radius 3 is 2.96 bits per heavy atom. The van der Waals surface area contributed by atoms with Gasteiger partial charge in [-0.15, -0.1) is 23.1 Å². The lowest BCUT2D eigenvalue weighted by molar-refractivity contribution is -0.139. The van der Waals surface area contributed by atoms with E-state index in [2.05, 4.69) is 10.3 Å². The van der Waals surface area contributed by atoms with Gasteiger partial charge in [0.05, 0.1) is 18.2 Å². The molecule has 1 saturated carbocycles. The van der Waals surface area contributed by atoms with Crippen LogP contribution in [0.5, 0.6) is 0 Å². The fourth-order valence-corrected chi connectivity index (χ4v) is 5.39. The normalized spacial score (nSPS) is 25.2. The van der Waals surface area contributed by atoms with Crippen molar-refractivity contribution in [1.29, 1.82) is 0 Å². The van der Waals surface area contributed by atoms with E-state index in [9.17, 15) is 9.59 Å². The van der Waals surface area contributed by atoms with Gasteiger partial charge in [-0.2, -0.15) is 0 Å². The number of carbonyl (C=O) groups excluding carboxylic acids is 2. The van der Waals surface area contributed by atoms with E-state index in [0.717, 1.165) is 37.4 Å². The molecule has 8 heteroatoms. The number of carbonyl (C=O) groups is 2. The van der Waals surface area contributed by atoms with Crippen LogP contribution in [0.2, 0.25) is 0 Å². The van der Waals surface area contributed by atoms with Crippen LogP contribution in [0.1, 0.15) is 24.3 Å². The zero-order valence-corrected chi connectivity index (χ0v) is 15.2. The van der Waals surface area contributed by atoms with Crippen LogP contribution in [0.15, 0.2) is 11.6 Å². The molecule has 2 aliphatic heterocycles. The summed E-state index contributed by atoms with van der Waals surface area (Å²) in [4.78, 5) is 32.8. The molecular formula is C16H22N4O2S2. The highest BCUT2D eigenvalue weighted by Crippen LogP contribution is 2.56. The van der Waals surface area contributed by atoms with Crippen LogP contribution >= 0.6 is 23.1 Å². The lowest BCUT2D eigenvalue weighted by Crippen LogP contribution is -2.44. The minimum Gasteiger partial charge on any atom is -0.331 e. The van der Waals surface area contributed by atoms with Crippen molar-refractivity contribution < 1.29 is 9.59 Å². The summed E-state index contributed by atoms with van der Waals surface area (Å²) in [5, 5.41) is 6.33. The van der Waals surface area contributed by atoms with Crippen LogP contribution in [0, 0.1) is 5.41 Å². The largest absolute Gasteiger partial charge is 0.331 e. The first kappa shape index (κ1) is 16.4. The predicted molar refractivity (Wildman–Crippen MR) is 94.6 cm³/mol. The fourth-order valence-electron chi connectivity index (χ4n) is 3.87. The smallest absolute Gasteiger partial charge is 0.242 e. The van der Waals surface area contributed by atoms with Crippen molar-refractivity contribution in [3.8, 4) is 0 Å². The highest BCUT2D eigenvalue weighted by molar-refractivity contribution is 8.00. The number of thiazole rings is 1. The number of nitrogens with zero attached hydrogens (tertiary/aromatic N) is 3. The maximum absolute atomic E-state index is 13.0. The van der Waals surface area contributed by atoms with Gasteiger partial charge in [0.25, 0.3) is 0 Å². The van der Waals surface area contributed by atoms with Gasteiger partial charge in [0.1, 0.15) is 11.6 Å². The van der Waals surface area contributed by atoms with Gasteiger partial charge in [-0.25, -0.2) is 4.98 Å². The lowest BCUT2D eigenvalue weighted by atomic mass is 9.93. The molecule has 1 atom stereocenters. The molecule has 3 heterocycles. The van der Waals surface area contributed by atoms with Crippen LogP contribution in [-0.2, 0) is 16.1 Å². The Morgan fingerprint density at radius 2 is 2.29 bits per heavy atom. The van der Waals surface area contributed by atoms with Crippen LogP contribution in [0.25, 0.3) is 0 Å². The third kappa shape index (κ3) is 3.19. The molecule has 0 aromatic carbocycles. The topological polar surface area (TPSA) is 65.5 Å². The van der Waals surface area contributed by atoms with E-state index in [1.807, 2.05) is 10.3 Å². The number of aromatic nitrogens is 1. The molecule has 130 valence electrons.